The van der Waals surface area contributed by atoms with Gasteiger partial charge in [0.1, 0.15) is 0 Å². The van der Waals surface area contributed by atoms with Gasteiger partial charge in [-0.15, -0.1) is 11.3 Å². The van der Waals surface area contributed by atoms with Crippen LogP contribution in [-0.4, -0.2) is 11.2 Å². The summed E-state index contributed by atoms with van der Waals surface area (Å²) in [6.45, 7) is 17.6. The standard InChI is InChI=1S/C25H38OS/c1-9-25(10-2,20-12-11-17(3)18(4)15-20)23-16-19(5)21(27-23)13-14-22(26)24(6,7)8/h11-12,15-16,22,26H,9-10,13-14H2,1-8H3. The number of rotatable bonds is 7. The van der Waals surface area contributed by atoms with Gasteiger partial charge in [-0.1, -0.05) is 52.8 Å². The van der Waals surface area contributed by atoms with E-state index in [2.05, 4.69) is 79.7 Å². The van der Waals surface area contributed by atoms with Crippen LogP contribution < -0.4 is 0 Å². The van der Waals surface area contributed by atoms with E-state index in [0.717, 1.165) is 25.7 Å². The van der Waals surface area contributed by atoms with E-state index in [-0.39, 0.29) is 16.9 Å². The zero-order chi connectivity index (χ0) is 20.4. The fraction of sp³-hybridized carbons (Fsp3) is 0.600. The number of aliphatic hydroxyl groups is 1. The van der Waals surface area contributed by atoms with Crippen LogP contribution in [0, 0.1) is 26.2 Å². The Balaban J connectivity index is 2.37. The Morgan fingerprint density at radius 2 is 1.56 bits per heavy atom. The van der Waals surface area contributed by atoms with E-state index in [9.17, 15) is 5.11 Å². The van der Waals surface area contributed by atoms with Gasteiger partial charge in [-0.3, -0.25) is 0 Å². The Kier molecular flexibility index (Phi) is 6.97. The van der Waals surface area contributed by atoms with Gasteiger partial charge in [-0.05, 0) is 80.2 Å². The molecule has 0 aliphatic heterocycles. The van der Waals surface area contributed by atoms with Crippen molar-refractivity contribution in [2.45, 2.75) is 92.6 Å². The van der Waals surface area contributed by atoms with Crippen molar-refractivity contribution in [1.82, 2.24) is 0 Å². The van der Waals surface area contributed by atoms with Crippen LogP contribution in [0.25, 0.3) is 0 Å². The summed E-state index contributed by atoms with van der Waals surface area (Å²) in [5, 5.41) is 10.4. The van der Waals surface area contributed by atoms with Crippen molar-refractivity contribution in [3.8, 4) is 0 Å². The maximum absolute atomic E-state index is 10.4. The molecular weight excluding hydrogens is 348 g/mol. The first-order chi connectivity index (χ1) is 12.5. The second-order valence-electron chi connectivity index (χ2n) is 9.23. The molecule has 150 valence electrons. The number of hydrogen-bond donors (Lipinski definition) is 1. The van der Waals surface area contributed by atoms with Gasteiger partial charge in [-0.25, -0.2) is 0 Å². The molecule has 1 N–H and O–H groups in total. The molecule has 0 fully saturated rings. The van der Waals surface area contributed by atoms with Gasteiger partial charge < -0.3 is 5.11 Å². The van der Waals surface area contributed by atoms with Crippen LogP contribution in [-0.2, 0) is 11.8 Å². The Bertz CT molecular complexity index is 759. The van der Waals surface area contributed by atoms with Crippen LogP contribution in [0.4, 0.5) is 0 Å². The van der Waals surface area contributed by atoms with Crippen molar-refractivity contribution in [3.05, 3.63) is 56.3 Å². The molecule has 0 spiro atoms. The molecule has 1 nitrogen and oxygen atoms in total. The van der Waals surface area contributed by atoms with Crippen molar-refractivity contribution in [1.29, 1.82) is 0 Å². The molecule has 2 aromatic rings. The zero-order valence-corrected chi connectivity index (χ0v) is 19.4. The third-order valence-corrected chi connectivity index (χ3v) is 7.90. The second-order valence-corrected chi connectivity index (χ2v) is 10.4. The summed E-state index contributed by atoms with van der Waals surface area (Å²) >= 11 is 1.96. The largest absolute Gasteiger partial charge is 0.393 e. The van der Waals surface area contributed by atoms with Gasteiger partial charge in [0.25, 0.3) is 0 Å². The first-order valence-corrected chi connectivity index (χ1v) is 11.2. The molecule has 0 saturated carbocycles. The number of benzene rings is 1. The fourth-order valence-electron chi connectivity index (χ4n) is 3.89. The lowest BCUT2D eigenvalue weighted by molar-refractivity contribution is 0.0561. The topological polar surface area (TPSA) is 20.2 Å². The van der Waals surface area contributed by atoms with Crippen molar-refractivity contribution in [2.24, 2.45) is 5.41 Å². The maximum atomic E-state index is 10.4. The lowest BCUT2D eigenvalue weighted by Gasteiger charge is -2.32. The van der Waals surface area contributed by atoms with Crippen LogP contribution >= 0.6 is 11.3 Å². The maximum Gasteiger partial charge on any atom is 0.0592 e. The molecule has 1 heterocycles. The van der Waals surface area contributed by atoms with Crippen molar-refractivity contribution in [2.75, 3.05) is 0 Å². The summed E-state index contributed by atoms with van der Waals surface area (Å²) in [4.78, 5) is 2.91. The molecule has 1 aromatic carbocycles. The Labute approximate surface area is 170 Å². The molecule has 1 atom stereocenters. The third kappa shape index (κ3) is 4.66. The van der Waals surface area contributed by atoms with Crippen LogP contribution in [0.3, 0.4) is 0 Å². The predicted molar refractivity (Wildman–Crippen MR) is 120 cm³/mol. The highest BCUT2D eigenvalue weighted by Gasteiger charge is 2.33. The Morgan fingerprint density at radius 1 is 0.926 bits per heavy atom. The van der Waals surface area contributed by atoms with Gasteiger partial charge >= 0.3 is 0 Å². The molecule has 0 amide bonds. The summed E-state index contributed by atoms with van der Waals surface area (Å²) in [5.74, 6) is 0. The average molecular weight is 387 g/mol. The van der Waals surface area contributed by atoms with E-state index < -0.39 is 0 Å². The SMILES string of the molecule is CCC(CC)(c1ccc(C)c(C)c1)c1cc(C)c(CCC(O)C(C)(C)C)s1. The molecule has 0 aliphatic rings. The molecular formula is C25H38OS. The summed E-state index contributed by atoms with van der Waals surface area (Å²) in [6.07, 6.45) is 3.75. The Morgan fingerprint density at radius 3 is 2.07 bits per heavy atom. The third-order valence-electron chi connectivity index (χ3n) is 6.40. The minimum atomic E-state index is -0.260. The van der Waals surface area contributed by atoms with Crippen LogP contribution in [0.15, 0.2) is 24.3 Å². The van der Waals surface area contributed by atoms with E-state index in [1.165, 1.54) is 32.0 Å². The monoisotopic (exact) mass is 386 g/mol. The smallest absolute Gasteiger partial charge is 0.0592 e. The molecule has 27 heavy (non-hydrogen) atoms. The number of aliphatic hydroxyl groups excluding tert-OH is 1. The highest BCUT2D eigenvalue weighted by Crippen LogP contribution is 2.44. The van der Waals surface area contributed by atoms with E-state index in [1.807, 2.05) is 11.3 Å². The normalized spacial score (nSPS) is 13.8. The van der Waals surface area contributed by atoms with Gasteiger partial charge in [0.15, 0.2) is 0 Å². The van der Waals surface area contributed by atoms with Crippen LogP contribution in [0.2, 0.25) is 0 Å². The summed E-state index contributed by atoms with van der Waals surface area (Å²) < 4.78 is 0. The van der Waals surface area contributed by atoms with Crippen LogP contribution in [0.5, 0.6) is 0 Å². The van der Waals surface area contributed by atoms with Crippen molar-refractivity contribution >= 4 is 11.3 Å². The summed E-state index contributed by atoms with van der Waals surface area (Å²) in [5.41, 5.74) is 5.60. The number of aryl methyl sites for hydroxylation is 4. The van der Waals surface area contributed by atoms with Crippen molar-refractivity contribution in [3.63, 3.8) is 0 Å². The van der Waals surface area contributed by atoms with E-state index in [1.54, 1.807) is 0 Å². The van der Waals surface area contributed by atoms with Gasteiger partial charge in [0, 0.05) is 15.2 Å². The highest BCUT2D eigenvalue weighted by molar-refractivity contribution is 7.12. The molecule has 2 heteroatoms. The Hall–Kier alpha value is -1.12. The van der Waals surface area contributed by atoms with Gasteiger partial charge in [0.2, 0.25) is 0 Å². The highest BCUT2D eigenvalue weighted by atomic mass is 32.1. The van der Waals surface area contributed by atoms with E-state index >= 15 is 0 Å². The second kappa shape index (κ2) is 8.49. The molecule has 1 aromatic heterocycles. The predicted octanol–water partition coefficient (Wildman–Crippen LogP) is 7.12. The lowest BCUT2D eigenvalue weighted by atomic mass is 9.74. The van der Waals surface area contributed by atoms with Gasteiger partial charge in [0.05, 0.1) is 6.10 Å². The molecule has 1 unspecified atom stereocenters. The van der Waals surface area contributed by atoms with Gasteiger partial charge in [-0.2, -0.15) is 0 Å². The molecule has 2 rings (SSSR count). The molecule has 0 aliphatic carbocycles. The minimum absolute atomic E-state index is 0.0516. The summed E-state index contributed by atoms with van der Waals surface area (Å²) in [7, 11) is 0. The fourth-order valence-corrected chi connectivity index (χ4v) is 5.44. The zero-order valence-electron chi connectivity index (χ0n) is 18.6. The first kappa shape index (κ1) is 22.2. The van der Waals surface area contributed by atoms with E-state index in [4.69, 9.17) is 0 Å². The molecule has 0 radical (unpaired) electrons. The number of hydrogen-bond acceptors (Lipinski definition) is 2. The first-order valence-electron chi connectivity index (χ1n) is 10.4. The minimum Gasteiger partial charge on any atom is -0.393 e. The molecule has 0 bridgehead atoms. The summed E-state index contributed by atoms with van der Waals surface area (Å²) in [6, 6.07) is 9.39. The van der Waals surface area contributed by atoms with Crippen molar-refractivity contribution < 1.29 is 5.11 Å². The molecule has 0 saturated heterocycles. The van der Waals surface area contributed by atoms with Crippen LogP contribution in [0.1, 0.15) is 85.9 Å². The average Bonchev–Trinajstić information content (AvgIpc) is 2.97. The number of thiophene rings is 1. The van der Waals surface area contributed by atoms with E-state index in [0.29, 0.717) is 0 Å². The lowest BCUT2D eigenvalue weighted by Crippen LogP contribution is -2.26. The quantitative estimate of drug-likeness (QED) is 0.537.